The fourth-order valence-corrected chi connectivity index (χ4v) is 1.72. The van der Waals surface area contributed by atoms with Crippen LogP contribution in [0.15, 0.2) is 29.1 Å². The van der Waals surface area contributed by atoms with E-state index >= 15 is 0 Å². The summed E-state index contributed by atoms with van der Waals surface area (Å²) in [5.74, 6) is 2.06. The molecular formula is C12H12N2O4. The first kappa shape index (κ1) is 10.9. The smallest absolute Gasteiger partial charge is 0.231 e. The molecule has 0 spiro atoms. The highest BCUT2D eigenvalue weighted by Gasteiger charge is 2.17. The molecule has 94 valence electrons. The van der Waals surface area contributed by atoms with Crippen LogP contribution < -0.4 is 19.9 Å². The number of nitrogens with zero attached hydrogens (tertiary/aromatic N) is 1. The molecule has 0 saturated carbocycles. The quantitative estimate of drug-likeness (QED) is 0.881. The van der Waals surface area contributed by atoms with Crippen molar-refractivity contribution < 1.29 is 18.7 Å². The van der Waals surface area contributed by atoms with Crippen molar-refractivity contribution in [2.45, 2.75) is 13.2 Å². The van der Waals surface area contributed by atoms with Crippen molar-refractivity contribution in [2.24, 2.45) is 5.73 Å². The Balaban J connectivity index is 1.82. The highest BCUT2D eigenvalue weighted by atomic mass is 16.7. The van der Waals surface area contributed by atoms with Gasteiger partial charge in [-0.15, -0.1) is 0 Å². The molecule has 6 nitrogen and oxygen atoms in total. The molecule has 1 aromatic carbocycles. The van der Waals surface area contributed by atoms with Crippen molar-refractivity contribution in [2.75, 3.05) is 6.79 Å². The van der Waals surface area contributed by atoms with Crippen LogP contribution in [0.4, 0.5) is 0 Å². The lowest BCUT2D eigenvalue weighted by Gasteiger charge is -2.10. The van der Waals surface area contributed by atoms with Gasteiger partial charge in [0.05, 0.1) is 6.20 Å². The number of nitrogens with two attached hydrogens (primary N) is 1. The van der Waals surface area contributed by atoms with Crippen LogP contribution in [0.5, 0.6) is 17.2 Å². The topological polar surface area (TPSA) is 79.7 Å². The second-order valence-electron chi connectivity index (χ2n) is 3.84. The standard InChI is InChI=1S/C12H12N2O4/c13-3-9-1-11-12(17-7-16-11)2-10(9)15-5-8-4-14-18-6-8/h1-2,4,6H,3,5,7,13H2. The number of aromatic nitrogens is 1. The zero-order valence-corrected chi connectivity index (χ0v) is 9.59. The molecule has 0 radical (unpaired) electrons. The summed E-state index contributed by atoms with van der Waals surface area (Å²) in [6.45, 7) is 0.972. The lowest BCUT2D eigenvalue weighted by molar-refractivity contribution is 0.173. The Bertz CT molecular complexity index is 539. The van der Waals surface area contributed by atoms with Crippen LogP contribution in [-0.4, -0.2) is 11.9 Å². The first-order valence-electron chi connectivity index (χ1n) is 5.50. The summed E-state index contributed by atoms with van der Waals surface area (Å²) in [4.78, 5) is 0. The molecule has 0 fully saturated rings. The number of ether oxygens (including phenoxy) is 3. The van der Waals surface area contributed by atoms with Crippen LogP contribution in [0.3, 0.4) is 0 Å². The van der Waals surface area contributed by atoms with E-state index in [0.29, 0.717) is 30.4 Å². The van der Waals surface area contributed by atoms with Crippen molar-refractivity contribution >= 4 is 0 Å². The summed E-state index contributed by atoms with van der Waals surface area (Å²) in [6, 6.07) is 3.63. The maximum Gasteiger partial charge on any atom is 0.231 e. The van der Waals surface area contributed by atoms with E-state index in [1.165, 1.54) is 6.26 Å². The van der Waals surface area contributed by atoms with Crippen molar-refractivity contribution in [3.63, 3.8) is 0 Å². The molecule has 0 unspecified atom stereocenters. The van der Waals surface area contributed by atoms with E-state index in [4.69, 9.17) is 24.5 Å². The van der Waals surface area contributed by atoms with Gasteiger partial charge in [-0.1, -0.05) is 5.16 Å². The molecule has 3 rings (SSSR count). The number of hydrogen-bond donors (Lipinski definition) is 1. The van der Waals surface area contributed by atoms with Gasteiger partial charge in [0.25, 0.3) is 0 Å². The first-order valence-corrected chi connectivity index (χ1v) is 5.50. The van der Waals surface area contributed by atoms with Gasteiger partial charge in [0.1, 0.15) is 18.6 Å². The fourth-order valence-electron chi connectivity index (χ4n) is 1.72. The van der Waals surface area contributed by atoms with Crippen LogP contribution in [-0.2, 0) is 13.2 Å². The Morgan fingerprint density at radius 2 is 2.11 bits per heavy atom. The van der Waals surface area contributed by atoms with Crippen LogP contribution in [0, 0.1) is 0 Å². The minimum absolute atomic E-state index is 0.231. The largest absolute Gasteiger partial charge is 0.488 e. The van der Waals surface area contributed by atoms with Crippen molar-refractivity contribution in [3.8, 4) is 17.2 Å². The van der Waals surface area contributed by atoms with Gasteiger partial charge in [0.15, 0.2) is 11.5 Å². The van der Waals surface area contributed by atoms with Gasteiger partial charge in [-0.3, -0.25) is 0 Å². The minimum atomic E-state index is 0.231. The second-order valence-corrected chi connectivity index (χ2v) is 3.84. The van der Waals surface area contributed by atoms with E-state index in [-0.39, 0.29) is 6.79 Å². The Labute approximate surface area is 103 Å². The van der Waals surface area contributed by atoms with Gasteiger partial charge < -0.3 is 24.5 Å². The van der Waals surface area contributed by atoms with Gasteiger partial charge in [-0.25, -0.2) is 0 Å². The van der Waals surface area contributed by atoms with Crippen molar-refractivity contribution in [3.05, 3.63) is 35.7 Å². The lowest BCUT2D eigenvalue weighted by Crippen LogP contribution is -2.02. The van der Waals surface area contributed by atoms with Crippen molar-refractivity contribution in [1.29, 1.82) is 0 Å². The molecule has 2 heterocycles. The summed E-state index contributed by atoms with van der Waals surface area (Å²) in [5.41, 5.74) is 7.41. The molecule has 2 aromatic rings. The van der Waals surface area contributed by atoms with Gasteiger partial charge >= 0.3 is 0 Å². The summed E-state index contributed by atoms with van der Waals surface area (Å²) in [5, 5.41) is 3.61. The maximum absolute atomic E-state index is 5.69. The number of rotatable bonds is 4. The average Bonchev–Trinajstić information content (AvgIpc) is 3.05. The van der Waals surface area contributed by atoms with Crippen LogP contribution in [0.2, 0.25) is 0 Å². The van der Waals surface area contributed by atoms with Gasteiger partial charge in [0, 0.05) is 23.7 Å². The SMILES string of the molecule is NCc1cc2c(cc1OCc1cnoc1)OCO2. The highest BCUT2D eigenvalue weighted by molar-refractivity contribution is 5.51. The third-order valence-corrected chi connectivity index (χ3v) is 2.65. The Hall–Kier alpha value is -2.21. The molecule has 0 aliphatic carbocycles. The Morgan fingerprint density at radius 1 is 1.28 bits per heavy atom. The second kappa shape index (κ2) is 4.58. The lowest BCUT2D eigenvalue weighted by atomic mass is 10.2. The summed E-state index contributed by atoms with van der Waals surface area (Å²) in [7, 11) is 0. The number of benzene rings is 1. The van der Waals surface area contributed by atoms with Gasteiger partial charge in [-0.2, -0.15) is 0 Å². The third kappa shape index (κ3) is 1.98. The molecule has 0 saturated heterocycles. The summed E-state index contributed by atoms with van der Waals surface area (Å²) in [6.07, 6.45) is 3.14. The highest BCUT2D eigenvalue weighted by Crippen LogP contribution is 2.38. The molecule has 1 aromatic heterocycles. The van der Waals surface area contributed by atoms with Gasteiger partial charge in [0.2, 0.25) is 6.79 Å². The molecule has 6 heteroatoms. The monoisotopic (exact) mass is 248 g/mol. The Kier molecular flexibility index (Phi) is 2.77. The Morgan fingerprint density at radius 3 is 2.83 bits per heavy atom. The van der Waals surface area contributed by atoms with E-state index in [9.17, 15) is 0 Å². The number of fused-ring (bicyclic) bond motifs is 1. The molecule has 0 amide bonds. The molecule has 1 aliphatic heterocycles. The molecule has 1 aliphatic rings. The molecule has 0 bridgehead atoms. The summed E-state index contributed by atoms with van der Waals surface area (Å²) >= 11 is 0. The average molecular weight is 248 g/mol. The molecule has 2 N–H and O–H groups in total. The van der Waals surface area contributed by atoms with Crippen LogP contribution in [0.25, 0.3) is 0 Å². The van der Waals surface area contributed by atoms with Crippen LogP contribution in [0.1, 0.15) is 11.1 Å². The van der Waals surface area contributed by atoms with Crippen LogP contribution >= 0.6 is 0 Å². The first-order chi connectivity index (χ1) is 8.86. The molecular weight excluding hydrogens is 236 g/mol. The van der Waals surface area contributed by atoms with E-state index in [1.807, 2.05) is 6.07 Å². The zero-order valence-electron chi connectivity index (χ0n) is 9.59. The van der Waals surface area contributed by atoms with Crippen molar-refractivity contribution in [1.82, 2.24) is 5.16 Å². The minimum Gasteiger partial charge on any atom is -0.488 e. The predicted octanol–water partition coefficient (Wildman–Crippen LogP) is 1.44. The van der Waals surface area contributed by atoms with E-state index in [1.54, 1.807) is 12.3 Å². The van der Waals surface area contributed by atoms with E-state index < -0.39 is 0 Å². The predicted molar refractivity (Wildman–Crippen MR) is 61.3 cm³/mol. The van der Waals surface area contributed by atoms with E-state index in [2.05, 4.69) is 5.16 Å². The maximum atomic E-state index is 5.69. The number of hydrogen-bond acceptors (Lipinski definition) is 6. The molecule has 18 heavy (non-hydrogen) atoms. The molecule has 0 atom stereocenters. The van der Waals surface area contributed by atoms with E-state index in [0.717, 1.165) is 11.1 Å². The normalized spacial score (nSPS) is 12.7. The third-order valence-electron chi connectivity index (χ3n) is 2.65. The van der Waals surface area contributed by atoms with Gasteiger partial charge in [-0.05, 0) is 6.07 Å². The summed E-state index contributed by atoms with van der Waals surface area (Å²) < 4.78 is 21.0. The zero-order chi connectivity index (χ0) is 12.4. The fraction of sp³-hybridized carbons (Fsp3) is 0.250.